The van der Waals surface area contributed by atoms with E-state index in [1.807, 2.05) is 27.7 Å². The maximum Gasteiger partial charge on any atom is 0.410 e. The third kappa shape index (κ3) is 4.43. The normalized spacial score (nSPS) is 24.6. The molecule has 2 atom stereocenters. The highest BCUT2D eigenvalue weighted by Gasteiger charge is 2.31. The van der Waals surface area contributed by atoms with Crippen LogP contribution in [0.15, 0.2) is 4.99 Å². The molecule has 0 spiro atoms. The highest BCUT2D eigenvalue weighted by atomic mass is 16.6. The van der Waals surface area contributed by atoms with Crippen LogP contribution in [0.5, 0.6) is 0 Å². The highest BCUT2D eigenvalue weighted by molar-refractivity contribution is 5.76. The maximum atomic E-state index is 11.9. The quantitative estimate of drug-likeness (QED) is 0.538. The van der Waals surface area contributed by atoms with E-state index in [0.29, 0.717) is 13.1 Å². The second-order valence-corrected chi connectivity index (χ2v) is 5.81. The van der Waals surface area contributed by atoms with Gasteiger partial charge in [-0.15, -0.1) is 0 Å². The van der Waals surface area contributed by atoms with Gasteiger partial charge in [0.05, 0.1) is 6.04 Å². The van der Waals surface area contributed by atoms with Crippen LogP contribution in [0.25, 0.3) is 0 Å². The lowest BCUT2D eigenvalue weighted by molar-refractivity contribution is 0.0159. The molecule has 1 fully saturated rings. The summed E-state index contributed by atoms with van der Waals surface area (Å²) in [7, 11) is 0. The first-order chi connectivity index (χ1) is 8.19. The van der Waals surface area contributed by atoms with E-state index >= 15 is 0 Å². The summed E-state index contributed by atoms with van der Waals surface area (Å²) in [5, 5.41) is 0. The molecule has 0 aromatic heterocycles. The first-order valence-electron chi connectivity index (χ1n) is 6.25. The number of guanidine groups is 1. The van der Waals surface area contributed by atoms with Crippen molar-refractivity contribution in [2.75, 3.05) is 13.1 Å². The molecule has 1 saturated heterocycles. The van der Waals surface area contributed by atoms with Crippen LogP contribution in [0.4, 0.5) is 4.79 Å². The number of amides is 1. The average Bonchev–Trinajstić information content (AvgIpc) is 2.17. The molecule has 6 nitrogen and oxygen atoms in total. The fourth-order valence-electron chi connectivity index (χ4n) is 2.01. The number of hydrogen-bond acceptors (Lipinski definition) is 3. The van der Waals surface area contributed by atoms with Crippen molar-refractivity contribution in [1.29, 1.82) is 0 Å². The number of rotatable bonds is 1. The Kier molecular flexibility index (Phi) is 4.43. The van der Waals surface area contributed by atoms with E-state index in [4.69, 9.17) is 16.2 Å². The molecule has 1 rings (SSSR count). The second-order valence-electron chi connectivity index (χ2n) is 5.81. The van der Waals surface area contributed by atoms with Crippen LogP contribution in [-0.4, -0.2) is 41.7 Å². The zero-order valence-electron chi connectivity index (χ0n) is 11.6. The standard InChI is InChI=1S/C12H24N4O2/c1-8-7-16(11(17)18-12(2,3)4)6-5-9(8)15-10(13)14/h8-9H,5-7H2,1-4H3,(H4,13,14,15). The van der Waals surface area contributed by atoms with E-state index in [2.05, 4.69) is 4.99 Å². The van der Waals surface area contributed by atoms with Crippen LogP contribution in [0.3, 0.4) is 0 Å². The topological polar surface area (TPSA) is 93.9 Å². The Balaban J connectivity index is 2.56. The van der Waals surface area contributed by atoms with Gasteiger partial charge in [-0.1, -0.05) is 6.92 Å². The first-order valence-corrected chi connectivity index (χ1v) is 6.25. The molecule has 1 heterocycles. The van der Waals surface area contributed by atoms with Crippen molar-refractivity contribution in [2.45, 2.75) is 45.8 Å². The third-order valence-corrected chi connectivity index (χ3v) is 2.83. The van der Waals surface area contributed by atoms with Crippen LogP contribution < -0.4 is 11.5 Å². The van der Waals surface area contributed by atoms with Crippen molar-refractivity contribution < 1.29 is 9.53 Å². The number of carbonyl (C=O) groups excluding carboxylic acids is 1. The number of likely N-dealkylation sites (tertiary alicyclic amines) is 1. The summed E-state index contributed by atoms with van der Waals surface area (Å²) in [6, 6.07) is 0.0914. The molecule has 6 heteroatoms. The molecule has 0 radical (unpaired) electrons. The summed E-state index contributed by atoms with van der Waals surface area (Å²) in [5.41, 5.74) is 10.3. The number of nitrogens with zero attached hydrogens (tertiary/aromatic N) is 2. The van der Waals surface area contributed by atoms with E-state index in [0.717, 1.165) is 6.42 Å². The Bertz CT molecular complexity index is 331. The van der Waals surface area contributed by atoms with Gasteiger partial charge in [-0.2, -0.15) is 0 Å². The van der Waals surface area contributed by atoms with Crippen LogP contribution in [0.2, 0.25) is 0 Å². The SMILES string of the molecule is CC1CN(C(=O)OC(C)(C)C)CCC1N=C(N)N. The Morgan fingerprint density at radius 3 is 2.44 bits per heavy atom. The minimum Gasteiger partial charge on any atom is -0.444 e. The first kappa shape index (κ1) is 14.6. The van der Waals surface area contributed by atoms with Gasteiger partial charge in [0.15, 0.2) is 5.96 Å². The number of ether oxygens (including phenoxy) is 1. The largest absolute Gasteiger partial charge is 0.444 e. The number of piperidine rings is 1. The van der Waals surface area contributed by atoms with Gasteiger partial charge in [0.1, 0.15) is 5.60 Å². The summed E-state index contributed by atoms with van der Waals surface area (Å²) in [5.74, 6) is 0.339. The molecule has 0 aromatic rings. The Morgan fingerprint density at radius 2 is 2.00 bits per heavy atom. The van der Waals surface area contributed by atoms with E-state index < -0.39 is 5.60 Å². The van der Waals surface area contributed by atoms with Gasteiger partial charge < -0.3 is 21.1 Å². The summed E-state index contributed by atoms with van der Waals surface area (Å²) >= 11 is 0. The smallest absolute Gasteiger partial charge is 0.410 e. The summed E-state index contributed by atoms with van der Waals surface area (Å²) in [6.45, 7) is 8.87. The van der Waals surface area contributed by atoms with Gasteiger partial charge in [0.2, 0.25) is 0 Å². The molecule has 104 valence electrons. The van der Waals surface area contributed by atoms with E-state index in [-0.39, 0.29) is 24.0 Å². The summed E-state index contributed by atoms with van der Waals surface area (Å²) < 4.78 is 5.34. The Labute approximate surface area is 108 Å². The fraction of sp³-hybridized carbons (Fsp3) is 0.833. The van der Waals surface area contributed by atoms with Crippen LogP contribution in [0, 0.1) is 5.92 Å². The van der Waals surface area contributed by atoms with Crippen molar-refractivity contribution in [3.63, 3.8) is 0 Å². The van der Waals surface area contributed by atoms with Gasteiger partial charge in [-0.3, -0.25) is 0 Å². The lowest BCUT2D eigenvalue weighted by atomic mass is 9.95. The predicted octanol–water partition coefficient (Wildman–Crippen LogP) is 0.905. The lowest BCUT2D eigenvalue weighted by Crippen LogP contribution is -2.47. The van der Waals surface area contributed by atoms with E-state index in [9.17, 15) is 4.79 Å². The molecule has 0 aliphatic carbocycles. The van der Waals surface area contributed by atoms with Crippen molar-refractivity contribution in [2.24, 2.45) is 22.4 Å². The highest BCUT2D eigenvalue weighted by Crippen LogP contribution is 2.21. The van der Waals surface area contributed by atoms with E-state index in [1.54, 1.807) is 4.90 Å². The van der Waals surface area contributed by atoms with Crippen molar-refractivity contribution >= 4 is 12.1 Å². The molecule has 1 aliphatic rings. The lowest BCUT2D eigenvalue weighted by Gasteiger charge is -2.35. The van der Waals surface area contributed by atoms with E-state index in [1.165, 1.54) is 0 Å². The van der Waals surface area contributed by atoms with Crippen LogP contribution in [-0.2, 0) is 4.74 Å². The van der Waals surface area contributed by atoms with Gasteiger partial charge >= 0.3 is 6.09 Å². The average molecular weight is 256 g/mol. The molecule has 18 heavy (non-hydrogen) atoms. The maximum absolute atomic E-state index is 11.9. The van der Waals surface area contributed by atoms with Gasteiger partial charge in [0.25, 0.3) is 0 Å². The van der Waals surface area contributed by atoms with Crippen LogP contribution >= 0.6 is 0 Å². The summed E-state index contributed by atoms with van der Waals surface area (Å²) in [4.78, 5) is 17.8. The molecule has 4 N–H and O–H groups in total. The minimum absolute atomic E-state index is 0.0914. The fourth-order valence-corrected chi connectivity index (χ4v) is 2.01. The zero-order chi connectivity index (χ0) is 13.9. The molecule has 1 aliphatic heterocycles. The third-order valence-electron chi connectivity index (χ3n) is 2.83. The van der Waals surface area contributed by atoms with Gasteiger partial charge in [-0.25, -0.2) is 9.79 Å². The van der Waals surface area contributed by atoms with Gasteiger partial charge in [-0.05, 0) is 33.1 Å². The Hall–Kier alpha value is -1.46. The number of carbonyl (C=O) groups is 1. The van der Waals surface area contributed by atoms with Crippen molar-refractivity contribution in [3.8, 4) is 0 Å². The molecular weight excluding hydrogens is 232 g/mol. The number of hydrogen-bond donors (Lipinski definition) is 2. The van der Waals surface area contributed by atoms with Crippen molar-refractivity contribution in [1.82, 2.24) is 4.90 Å². The molecular formula is C12H24N4O2. The molecule has 0 bridgehead atoms. The van der Waals surface area contributed by atoms with Crippen LogP contribution in [0.1, 0.15) is 34.1 Å². The van der Waals surface area contributed by atoms with Gasteiger partial charge in [0, 0.05) is 13.1 Å². The minimum atomic E-state index is -0.461. The molecule has 0 aromatic carbocycles. The Morgan fingerprint density at radius 1 is 1.39 bits per heavy atom. The second kappa shape index (κ2) is 5.46. The molecule has 1 amide bonds. The monoisotopic (exact) mass is 256 g/mol. The zero-order valence-corrected chi connectivity index (χ0v) is 11.6. The number of aliphatic imine (C=N–C) groups is 1. The predicted molar refractivity (Wildman–Crippen MR) is 71.2 cm³/mol. The van der Waals surface area contributed by atoms with Crippen molar-refractivity contribution in [3.05, 3.63) is 0 Å². The summed E-state index contributed by atoms with van der Waals surface area (Å²) in [6.07, 6.45) is 0.496. The number of nitrogens with two attached hydrogens (primary N) is 2. The molecule has 2 unspecified atom stereocenters. The molecule has 0 saturated carbocycles.